The summed E-state index contributed by atoms with van der Waals surface area (Å²) in [5.74, 6) is 0.410. The molecule has 0 aliphatic rings. The Balaban J connectivity index is 1.93. The highest BCUT2D eigenvalue weighted by molar-refractivity contribution is 7.09. The third-order valence-corrected chi connectivity index (χ3v) is 4.43. The highest BCUT2D eigenvalue weighted by Gasteiger charge is 2.14. The molecule has 2 aromatic heterocycles. The summed E-state index contributed by atoms with van der Waals surface area (Å²) in [6, 6.07) is 11.0. The first-order chi connectivity index (χ1) is 11.7. The van der Waals surface area contributed by atoms with E-state index in [1.807, 2.05) is 24.4 Å². The molecule has 1 aromatic carbocycles. The molecule has 0 fully saturated rings. The molecule has 1 N–H and O–H groups in total. The van der Waals surface area contributed by atoms with Crippen molar-refractivity contribution in [2.75, 3.05) is 6.61 Å². The summed E-state index contributed by atoms with van der Waals surface area (Å²) in [5, 5.41) is 5.59. The molecule has 2 heterocycles. The summed E-state index contributed by atoms with van der Waals surface area (Å²) < 4.78 is 6.96. The summed E-state index contributed by atoms with van der Waals surface area (Å²) in [7, 11) is 0. The van der Waals surface area contributed by atoms with Crippen LogP contribution in [-0.2, 0) is 6.54 Å². The molecular weight excluding hydrogens is 346 g/mol. The number of aliphatic imine (C=N–C) groups is 1. The molecule has 3 aromatic rings. The molecule has 124 valence electrons. The Labute approximate surface area is 148 Å². The number of rotatable bonds is 6. The largest absolute Gasteiger partial charge is 0.478 e. The quantitative estimate of drug-likeness (QED) is 0.677. The van der Waals surface area contributed by atoms with E-state index in [1.165, 1.54) is 4.68 Å². The zero-order chi connectivity index (χ0) is 16.9. The Morgan fingerprint density at radius 2 is 2.12 bits per heavy atom. The Bertz CT molecular complexity index is 880. The van der Waals surface area contributed by atoms with E-state index in [-0.39, 0.29) is 5.56 Å². The highest BCUT2D eigenvalue weighted by Crippen LogP contribution is 2.16. The molecule has 0 spiro atoms. The number of nitrogens with zero attached hydrogens (tertiary/aromatic N) is 2. The van der Waals surface area contributed by atoms with Crippen molar-refractivity contribution in [3.63, 3.8) is 0 Å². The van der Waals surface area contributed by atoms with Crippen LogP contribution < -0.4 is 10.3 Å². The van der Waals surface area contributed by atoms with Crippen molar-refractivity contribution in [1.82, 2.24) is 9.78 Å². The molecule has 0 aliphatic heterocycles. The molecule has 7 heteroatoms. The van der Waals surface area contributed by atoms with Gasteiger partial charge in [-0.05, 0) is 42.6 Å². The summed E-state index contributed by atoms with van der Waals surface area (Å²) in [4.78, 5) is 18.2. The minimum absolute atomic E-state index is 0.212. The number of hydrogen-bond acceptors (Lipinski definition) is 4. The number of hydrogen-bond donors (Lipinski definition) is 1. The summed E-state index contributed by atoms with van der Waals surface area (Å²) in [6.07, 6.45) is 1.57. The number of aromatic nitrogens is 2. The molecule has 0 aliphatic carbocycles. The maximum Gasteiger partial charge on any atom is 0.284 e. The molecule has 24 heavy (non-hydrogen) atoms. The van der Waals surface area contributed by atoms with Crippen molar-refractivity contribution in [2.45, 2.75) is 13.5 Å². The predicted molar refractivity (Wildman–Crippen MR) is 98.2 cm³/mol. The van der Waals surface area contributed by atoms with Crippen molar-refractivity contribution >= 4 is 29.2 Å². The summed E-state index contributed by atoms with van der Waals surface area (Å²) in [6.45, 7) is 2.85. The van der Waals surface area contributed by atoms with E-state index in [9.17, 15) is 4.79 Å². The summed E-state index contributed by atoms with van der Waals surface area (Å²) >= 11 is 7.53. The first kappa shape index (κ1) is 16.5. The molecule has 0 bridgehead atoms. The zero-order valence-corrected chi connectivity index (χ0v) is 14.6. The SMILES string of the molecule is CCOc1[nH]n(-c2ccc(Cl)cc2)c(=O)c1C=NCc1cccs1. The summed E-state index contributed by atoms with van der Waals surface area (Å²) in [5.41, 5.74) is 0.877. The average molecular weight is 362 g/mol. The van der Waals surface area contributed by atoms with Gasteiger partial charge in [-0.1, -0.05) is 17.7 Å². The van der Waals surface area contributed by atoms with Crippen LogP contribution in [0.3, 0.4) is 0 Å². The standard InChI is InChI=1S/C17H16ClN3O2S/c1-2-23-16-15(11-19-10-14-4-3-9-24-14)17(22)21(20-16)13-7-5-12(18)6-8-13/h3-9,11,20H,2,10H2,1H3. The van der Waals surface area contributed by atoms with E-state index in [4.69, 9.17) is 16.3 Å². The fourth-order valence-corrected chi connectivity index (χ4v) is 2.96. The average Bonchev–Trinajstić information content (AvgIpc) is 3.19. The molecule has 0 saturated carbocycles. The molecular formula is C17H16ClN3O2S. The van der Waals surface area contributed by atoms with Crippen molar-refractivity contribution in [2.24, 2.45) is 4.99 Å². The fraction of sp³-hybridized carbons (Fsp3) is 0.176. The Morgan fingerprint density at radius 1 is 1.33 bits per heavy atom. The fourth-order valence-electron chi connectivity index (χ4n) is 2.20. The highest BCUT2D eigenvalue weighted by atomic mass is 35.5. The molecule has 0 radical (unpaired) electrons. The third-order valence-electron chi connectivity index (χ3n) is 3.31. The molecule has 0 unspecified atom stereocenters. The van der Waals surface area contributed by atoms with E-state index in [2.05, 4.69) is 10.1 Å². The number of benzene rings is 1. The zero-order valence-electron chi connectivity index (χ0n) is 13.0. The lowest BCUT2D eigenvalue weighted by Gasteiger charge is -2.02. The lowest BCUT2D eigenvalue weighted by Crippen LogP contribution is -2.17. The Kier molecular flexibility index (Phi) is 5.17. The maximum absolute atomic E-state index is 12.7. The number of aromatic amines is 1. The normalized spacial score (nSPS) is 11.2. The number of nitrogens with one attached hydrogen (secondary N) is 1. The van der Waals surface area contributed by atoms with Gasteiger partial charge >= 0.3 is 0 Å². The van der Waals surface area contributed by atoms with E-state index in [1.54, 1.807) is 41.8 Å². The molecule has 3 rings (SSSR count). The van der Waals surface area contributed by atoms with Gasteiger partial charge in [0.05, 0.1) is 18.8 Å². The van der Waals surface area contributed by atoms with Crippen molar-refractivity contribution in [3.05, 3.63) is 67.6 Å². The lowest BCUT2D eigenvalue weighted by molar-refractivity contribution is 0.324. The van der Waals surface area contributed by atoms with Crippen LogP contribution in [0.25, 0.3) is 5.69 Å². The Hall–Kier alpha value is -2.31. The lowest BCUT2D eigenvalue weighted by atomic mass is 10.3. The van der Waals surface area contributed by atoms with Crippen LogP contribution in [0.2, 0.25) is 5.02 Å². The van der Waals surface area contributed by atoms with E-state index in [0.29, 0.717) is 35.3 Å². The van der Waals surface area contributed by atoms with Gasteiger partial charge in [0.25, 0.3) is 5.56 Å². The van der Waals surface area contributed by atoms with E-state index >= 15 is 0 Å². The predicted octanol–water partition coefficient (Wildman–Crippen LogP) is 3.90. The topological polar surface area (TPSA) is 59.4 Å². The van der Waals surface area contributed by atoms with Crippen LogP contribution in [0, 0.1) is 0 Å². The smallest absolute Gasteiger partial charge is 0.284 e. The van der Waals surface area contributed by atoms with Crippen LogP contribution in [0.5, 0.6) is 5.88 Å². The van der Waals surface area contributed by atoms with Gasteiger partial charge in [-0.2, -0.15) is 0 Å². The van der Waals surface area contributed by atoms with Gasteiger partial charge in [0.15, 0.2) is 0 Å². The van der Waals surface area contributed by atoms with Crippen LogP contribution in [-0.4, -0.2) is 22.6 Å². The van der Waals surface area contributed by atoms with E-state index in [0.717, 1.165) is 4.88 Å². The van der Waals surface area contributed by atoms with Gasteiger partial charge in [-0.15, -0.1) is 11.3 Å². The number of thiophene rings is 1. The van der Waals surface area contributed by atoms with Gasteiger partial charge < -0.3 is 4.74 Å². The molecule has 0 saturated heterocycles. The maximum atomic E-state index is 12.7. The van der Waals surface area contributed by atoms with Crippen LogP contribution in [0.15, 0.2) is 51.6 Å². The monoisotopic (exact) mass is 361 g/mol. The van der Waals surface area contributed by atoms with Crippen molar-refractivity contribution in [3.8, 4) is 11.6 Å². The second-order valence-corrected chi connectivity index (χ2v) is 6.42. The van der Waals surface area contributed by atoms with Gasteiger partial charge in [-0.3, -0.25) is 14.9 Å². The molecule has 0 amide bonds. The molecule has 5 nitrogen and oxygen atoms in total. The first-order valence-electron chi connectivity index (χ1n) is 7.45. The van der Waals surface area contributed by atoms with Gasteiger partial charge in [0.1, 0.15) is 5.56 Å². The third kappa shape index (κ3) is 3.60. The number of ether oxygens (including phenoxy) is 1. The number of halogens is 1. The number of H-pyrrole nitrogens is 1. The van der Waals surface area contributed by atoms with Gasteiger partial charge in [0, 0.05) is 16.1 Å². The van der Waals surface area contributed by atoms with Gasteiger partial charge in [-0.25, -0.2) is 4.68 Å². The minimum atomic E-state index is -0.212. The molecule has 0 atom stereocenters. The van der Waals surface area contributed by atoms with Crippen LogP contribution in [0.1, 0.15) is 17.4 Å². The van der Waals surface area contributed by atoms with E-state index < -0.39 is 0 Å². The second kappa shape index (κ2) is 7.51. The second-order valence-electron chi connectivity index (χ2n) is 4.95. The Morgan fingerprint density at radius 3 is 2.79 bits per heavy atom. The minimum Gasteiger partial charge on any atom is -0.478 e. The van der Waals surface area contributed by atoms with Crippen molar-refractivity contribution < 1.29 is 4.74 Å². The van der Waals surface area contributed by atoms with Gasteiger partial charge in [0.2, 0.25) is 5.88 Å². The van der Waals surface area contributed by atoms with Crippen LogP contribution in [0.4, 0.5) is 0 Å². The van der Waals surface area contributed by atoms with Crippen molar-refractivity contribution in [1.29, 1.82) is 0 Å². The van der Waals surface area contributed by atoms with Crippen LogP contribution >= 0.6 is 22.9 Å². The first-order valence-corrected chi connectivity index (χ1v) is 8.70.